The van der Waals surface area contributed by atoms with E-state index >= 15 is 0 Å². The minimum Gasteiger partial charge on any atom is -0.480 e. The van der Waals surface area contributed by atoms with Gasteiger partial charge in [0.2, 0.25) is 0 Å². The van der Waals surface area contributed by atoms with E-state index in [2.05, 4.69) is 0 Å². The number of urea groups is 1. The van der Waals surface area contributed by atoms with E-state index in [4.69, 9.17) is 0 Å². The molecule has 1 heterocycles. The summed E-state index contributed by atoms with van der Waals surface area (Å²) in [5.74, 6) is -5.90. The Labute approximate surface area is 269 Å². The number of benzene rings is 4. The van der Waals surface area contributed by atoms with E-state index in [1.807, 2.05) is 18.2 Å². The number of hydrogen-bond donors (Lipinski definition) is 4. The highest BCUT2D eigenvalue weighted by molar-refractivity contribution is 6.07. The average molecular weight is 637 g/mol. The number of rotatable bonds is 9. The van der Waals surface area contributed by atoms with E-state index in [-0.39, 0.29) is 13.1 Å². The summed E-state index contributed by atoms with van der Waals surface area (Å²) in [6, 6.07) is 30.2. The molecule has 11 heteroatoms. The van der Waals surface area contributed by atoms with Gasteiger partial charge in [-0.2, -0.15) is 0 Å². The van der Waals surface area contributed by atoms with Crippen LogP contribution in [0.1, 0.15) is 33.7 Å². The van der Waals surface area contributed by atoms with Crippen molar-refractivity contribution in [3.05, 3.63) is 143 Å². The van der Waals surface area contributed by atoms with E-state index in [0.29, 0.717) is 12.0 Å². The maximum absolute atomic E-state index is 12.9. The standard InChI is InChI=1S/C19H18N2O5.C17H14O4/c22-17(23)15-16(18(24)25)21(12-14-9-5-2-6-10-14)19(26)20(15)11-13-7-3-1-4-8-13;18-15(19)17(16(20)21)13-9-5-4-8-12(13)10-14(17)11-6-2-1-3-7-11/h1-10,15-16H,11-12H2,(H,22,23)(H,24,25);1-9,14H,10H2,(H,18,19)(H,20,21). The largest absolute Gasteiger partial charge is 0.480 e. The van der Waals surface area contributed by atoms with Gasteiger partial charge in [0, 0.05) is 19.0 Å². The van der Waals surface area contributed by atoms with Crippen molar-refractivity contribution in [2.75, 3.05) is 0 Å². The van der Waals surface area contributed by atoms with Gasteiger partial charge in [0.1, 0.15) is 0 Å². The Kier molecular flexibility index (Phi) is 9.36. The smallest absolute Gasteiger partial charge is 0.329 e. The zero-order chi connectivity index (χ0) is 33.7. The van der Waals surface area contributed by atoms with Gasteiger partial charge >= 0.3 is 29.9 Å². The number of carboxylic acids is 4. The summed E-state index contributed by atoms with van der Waals surface area (Å²) in [6.45, 7) is 0.0669. The van der Waals surface area contributed by atoms with Crippen molar-refractivity contribution in [1.82, 2.24) is 9.80 Å². The van der Waals surface area contributed by atoms with Crippen LogP contribution < -0.4 is 0 Å². The number of hydrogen-bond acceptors (Lipinski definition) is 5. The van der Waals surface area contributed by atoms with E-state index in [1.165, 1.54) is 0 Å². The van der Waals surface area contributed by atoms with Crippen molar-refractivity contribution in [1.29, 1.82) is 0 Å². The molecule has 4 aromatic carbocycles. The van der Waals surface area contributed by atoms with Crippen molar-refractivity contribution in [2.24, 2.45) is 0 Å². The molecule has 2 aliphatic rings. The summed E-state index contributed by atoms with van der Waals surface area (Å²) in [6.07, 6.45) is 0.415. The molecule has 1 fully saturated rings. The third kappa shape index (κ3) is 6.15. The molecule has 4 N–H and O–H groups in total. The second kappa shape index (κ2) is 13.6. The number of carbonyl (C=O) groups excluding carboxylic acids is 1. The molecule has 1 saturated heterocycles. The highest BCUT2D eigenvalue weighted by Crippen LogP contribution is 2.49. The molecule has 47 heavy (non-hydrogen) atoms. The number of carbonyl (C=O) groups is 5. The van der Waals surface area contributed by atoms with Gasteiger partial charge in [-0.15, -0.1) is 0 Å². The molecule has 1 aliphatic heterocycles. The highest BCUT2D eigenvalue weighted by Gasteiger charge is 2.59. The Balaban J connectivity index is 0.000000189. The average Bonchev–Trinajstić information content (AvgIpc) is 3.56. The van der Waals surface area contributed by atoms with Crippen molar-refractivity contribution in [2.45, 2.75) is 42.9 Å². The van der Waals surface area contributed by atoms with Gasteiger partial charge in [-0.25, -0.2) is 14.4 Å². The molecule has 2 amide bonds. The summed E-state index contributed by atoms with van der Waals surface area (Å²) < 4.78 is 0. The Morgan fingerprint density at radius 2 is 1.00 bits per heavy atom. The van der Waals surface area contributed by atoms with Gasteiger partial charge in [0.05, 0.1) is 0 Å². The van der Waals surface area contributed by atoms with Crippen LogP contribution in [0.2, 0.25) is 0 Å². The van der Waals surface area contributed by atoms with Gasteiger partial charge in [0.25, 0.3) is 0 Å². The second-order valence-corrected chi connectivity index (χ2v) is 11.3. The molecule has 0 aromatic heterocycles. The molecule has 11 nitrogen and oxygen atoms in total. The van der Waals surface area contributed by atoms with Crippen molar-refractivity contribution >= 4 is 29.9 Å². The molecular weight excluding hydrogens is 604 g/mol. The van der Waals surface area contributed by atoms with Crippen molar-refractivity contribution in [3.63, 3.8) is 0 Å². The molecule has 6 rings (SSSR count). The molecule has 240 valence electrons. The molecule has 3 unspecified atom stereocenters. The third-order valence-corrected chi connectivity index (χ3v) is 8.63. The first-order valence-corrected chi connectivity index (χ1v) is 14.8. The molecule has 0 spiro atoms. The molecule has 1 aliphatic carbocycles. The van der Waals surface area contributed by atoms with Crippen molar-refractivity contribution < 1.29 is 44.4 Å². The third-order valence-electron chi connectivity index (χ3n) is 8.63. The van der Waals surface area contributed by atoms with Crippen LogP contribution >= 0.6 is 0 Å². The van der Waals surface area contributed by atoms with E-state index in [9.17, 15) is 44.4 Å². The van der Waals surface area contributed by atoms with Crippen LogP contribution in [-0.2, 0) is 44.1 Å². The highest BCUT2D eigenvalue weighted by atomic mass is 16.4. The fourth-order valence-electron chi connectivity index (χ4n) is 6.49. The van der Waals surface area contributed by atoms with Crippen LogP contribution in [0, 0.1) is 0 Å². The zero-order valence-electron chi connectivity index (χ0n) is 25.0. The molecule has 0 bridgehead atoms. The van der Waals surface area contributed by atoms with Crippen molar-refractivity contribution in [3.8, 4) is 0 Å². The van der Waals surface area contributed by atoms with Crippen LogP contribution in [0.5, 0.6) is 0 Å². The van der Waals surface area contributed by atoms with Crippen LogP contribution in [0.4, 0.5) is 4.79 Å². The van der Waals surface area contributed by atoms with E-state index in [1.54, 1.807) is 97.1 Å². The number of carboxylic acid groups (broad SMARTS) is 4. The first-order valence-electron chi connectivity index (χ1n) is 14.8. The van der Waals surface area contributed by atoms with Gasteiger partial charge in [-0.1, -0.05) is 115 Å². The maximum Gasteiger partial charge on any atom is 0.329 e. The Morgan fingerprint density at radius 3 is 1.43 bits per heavy atom. The predicted octanol–water partition coefficient (Wildman–Crippen LogP) is 4.46. The van der Waals surface area contributed by atoms with Crippen LogP contribution in [0.15, 0.2) is 115 Å². The molecule has 0 saturated carbocycles. The monoisotopic (exact) mass is 636 g/mol. The lowest BCUT2D eigenvalue weighted by atomic mass is 9.72. The van der Waals surface area contributed by atoms with Gasteiger partial charge in [-0.3, -0.25) is 9.59 Å². The normalized spacial score (nSPS) is 19.3. The van der Waals surface area contributed by atoms with Gasteiger partial charge in [-0.05, 0) is 34.2 Å². The first-order chi connectivity index (χ1) is 22.6. The molecule has 3 atom stereocenters. The van der Waals surface area contributed by atoms with Crippen LogP contribution in [0.3, 0.4) is 0 Å². The second-order valence-electron chi connectivity index (χ2n) is 11.3. The number of nitrogens with zero attached hydrogens (tertiary/aromatic N) is 2. The SMILES string of the molecule is O=C(O)C1(C(=O)O)c2ccccc2CC1c1ccccc1.O=C(O)C1C(C(=O)O)N(Cc2ccccc2)C(=O)N1Cc1ccccc1. The Bertz CT molecular complexity index is 1700. The Hall–Kier alpha value is -5.97. The van der Waals surface area contributed by atoms with E-state index < -0.39 is 53.3 Å². The summed E-state index contributed by atoms with van der Waals surface area (Å²) in [4.78, 5) is 62.5. The predicted molar refractivity (Wildman–Crippen MR) is 168 cm³/mol. The fourth-order valence-corrected chi connectivity index (χ4v) is 6.49. The number of amides is 2. The zero-order valence-corrected chi connectivity index (χ0v) is 25.0. The minimum absolute atomic E-state index is 0.0334. The Morgan fingerprint density at radius 1 is 0.596 bits per heavy atom. The molecule has 4 aromatic rings. The molecular formula is C36H32N2O9. The van der Waals surface area contributed by atoms with Crippen LogP contribution in [-0.4, -0.2) is 72.2 Å². The quantitative estimate of drug-likeness (QED) is 0.194. The molecule has 0 radical (unpaired) electrons. The minimum atomic E-state index is -1.92. The fraction of sp³-hybridized carbons (Fsp3) is 0.194. The maximum atomic E-state index is 12.9. The lowest BCUT2D eigenvalue weighted by Gasteiger charge is -2.28. The topological polar surface area (TPSA) is 173 Å². The van der Waals surface area contributed by atoms with Gasteiger partial charge in [0.15, 0.2) is 17.5 Å². The van der Waals surface area contributed by atoms with Crippen LogP contribution in [0.25, 0.3) is 0 Å². The number of fused-ring (bicyclic) bond motifs is 1. The lowest BCUT2D eigenvalue weighted by molar-refractivity contribution is -0.158. The lowest BCUT2D eigenvalue weighted by Crippen LogP contribution is -2.47. The van der Waals surface area contributed by atoms with Gasteiger partial charge < -0.3 is 30.2 Å². The summed E-state index contributed by atoms with van der Waals surface area (Å²) in [5.41, 5.74) is 1.46. The first kappa shape index (κ1) is 32.4. The summed E-state index contributed by atoms with van der Waals surface area (Å²) >= 11 is 0. The van der Waals surface area contributed by atoms with E-state index in [0.717, 1.165) is 32.1 Å². The number of aliphatic carboxylic acids is 4. The summed E-state index contributed by atoms with van der Waals surface area (Å²) in [5, 5.41) is 38.7. The summed E-state index contributed by atoms with van der Waals surface area (Å²) in [7, 11) is 0.